The molecule has 0 fully saturated rings. The highest BCUT2D eigenvalue weighted by Crippen LogP contribution is 2.32. The molecule has 0 unspecified atom stereocenters. The van der Waals surface area contributed by atoms with Crippen molar-refractivity contribution in [2.45, 2.75) is 6.92 Å². The number of aromatic nitrogens is 2. The van der Waals surface area contributed by atoms with Gasteiger partial charge in [0.2, 0.25) is 5.95 Å². The Morgan fingerprint density at radius 3 is 2.48 bits per heavy atom. The number of imidazole rings is 1. The first kappa shape index (κ1) is 13.3. The first-order chi connectivity index (χ1) is 10.1. The summed E-state index contributed by atoms with van der Waals surface area (Å²) in [7, 11) is 3.22. The number of nitrogens with zero attached hydrogens (tertiary/aromatic N) is 2. The predicted octanol–water partition coefficient (Wildman–Crippen LogP) is 2.93. The van der Waals surface area contributed by atoms with Gasteiger partial charge in [-0.1, -0.05) is 6.07 Å². The van der Waals surface area contributed by atoms with Crippen LogP contribution in [0.15, 0.2) is 36.4 Å². The first-order valence-electron chi connectivity index (χ1n) is 6.61. The van der Waals surface area contributed by atoms with Crippen LogP contribution in [0.25, 0.3) is 16.7 Å². The number of ether oxygens (including phenoxy) is 2. The minimum atomic E-state index is 0.447. The molecule has 0 radical (unpaired) electrons. The van der Waals surface area contributed by atoms with Crippen LogP contribution in [0.1, 0.15) is 5.56 Å². The van der Waals surface area contributed by atoms with Gasteiger partial charge >= 0.3 is 0 Å². The number of benzene rings is 2. The molecule has 0 atom stereocenters. The highest BCUT2D eigenvalue weighted by atomic mass is 16.5. The summed E-state index contributed by atoms with van der Waals surface area (Å²) in [6.45, 7) is 2.03. The number of fused-ring (bicyclic) bond motifs is 1. The van der Waals surface area contributed by atoms with Crippen LogP contribution >= 0.6 is 0 Å². The fourth-order valence-electron chi connectivity index (χ4n) is 2.44. The summed E-state index contributed by atoms with van der Waals surface area (Å²) in [5, 5.41) is 0. The van der Waals surface area contributed by atoms with E-state index in [1.807, 2.05) is 47.9 Å². The van der Waals surface area contributed by atoms with Gasteiger partial charge in [0, 0.05) is 6.07 Å². The van der Waals surface area contributed by atoms with Crippen LogP contribution in [0.4, 0.5) is 5.95 Å². The second kappa shape index (κ2) is 5.01. The van der Waals surface area contributed by atoms with Crippen LogP contribution < -0.4 is 15.2 Å². The number of nitrogen functional groups attached to an aromatic ring is 1. The zero-order valence-corrected chi connectivity index (χ0v) is 12.3. The Morgan fingerprint density at radius 2 is 1.76 bits per heavy atom. The van der Waals surface area contributed by atoms with Crippen LogP contribution in [-0.4, -0.2) is 23.8 Å². The molecule has 108 valence electrons. The summed E-state index contributed by atoms with van der Waals surface area (Å²) in [4.78, 5) is 4.42. The zero-order valence-electron chi connectivity index (χ0n) is 12.3. The number of hydrogen-bond acceptors (Lipinski definition) is 4. The Balaban J connectivity index is 2.22. The molecule has 0 spiro atoms. The maximum absolute atomic E-state index is 6.08. The van der Waals surface area contributed by atoms with E-state index in [4.69, 9.17) is 15.2 Å². The van der Waals surface area contributed by atoms with Gasteiger partial charge in [0.05, 0.1) is 30.9 Å². The maximum Gasteiger partial charge on any atom is 0.205 e. The number of hydrogen-bond donors (Lipinski definition) is 1. The number of aryl methyl sites for hydroxylation is 1. The standard InChI is InChI=1S/C16H17N3O2/c1-10-4-6-13-12(8-10)18-16(17)19(13)11-5-7-14(20-2)15(9-11)21-3/h4-9H,1-3H3,(H2,17,18). The van der Waals surface area contributed by atoms with E-state index in [2.05, 4.69) is 4.98 Å². The van der Waals surface area contributed by atoms with Crippen molar-refractivity contribution >= 4 is 17.0 Å². The molecule has 5 heteroatoms. The first-order valence-corrected chi connectivity index (χ1v) is 6.61. The largest absolute Gasteiger partial charge is 0.493 e. The average molecular weight is 283 g/mol. The molecule has 2 N–H and O–H groups in total. The Labute approximate surface area is 122 Å². The third kappa shape index (κ3) is 2.16. The number of nitrogens with two attached hydrogens (primary N) is 1. The molecule has 1 heterocycles. The van der Waals surface area contributed by atoms with Crippen LogP contribution in [0.2, 0.25) is 0 Å². The van der Waals surface area contributed by atoms with Crippen molar-refractivity contribution in [2.24, 2.45) is 0 Å². The SMILES string of the molecule is COc1ccc(-n2c(N)nc3cc(C)ccc32)cc1OC. The minimum absolute atomic E-state index is 0.447. The molecule has 0 saturated heterocycles. The lowest BCUT2D eigenvalue weighted by atomic mass is 10.2. The Kier molecular flexibility index (Phi) is 3.17. The second-order valence-electron chi connectivity index (χ2n) is 4.84. The van der Waals surface area contributed by atoms with Gasteiger partial charge in [0.1, 0.15) is 0 Å². The summed E-state index contributed by atoms with van der Waals surface area (Å²) in [5.74, 6) is 1.78. The van der Waals surface area contributed by atoms with Gasteiger partial charge in [-0.05, 0) is 36.8 Å². The molecule has 5 nitrogen and oxygen atoms in total. The lowest BCUT2D eigenvalue weighted by Crippen LogP contribution is -2.01. The van der Waals surface area contributed by atoms with E-state index in [9.17, 15) is 0 Å². The molecule has 3 aromatic rings. The number of rotatable bonds is 3. The van der Waals surface area contributed by atoms with E-state index in [-0.39, 0.29) is 0 Å². The summed E-state index contributed by atoms with van der Waals surface area (Å²) in [6.07, 6.45) is 0. The maximum atomic E-state index is 6.08. The fraction of sp³-hybridized carbons (Fsp3) is 0.188. The van der Waals surface area contributed by atoms with Crippen LogP contribution in [0.5, 0.6) is 11.5 Å². The van der Waals surface area contributed by atoms with Crippen LogP contribution in [0, 0.1) is 6.92 Å². The van der Waals surface area contributed by atoms with Crippen molar-refractivity contribution in [1.29, 1.82) is 0 Å². The van der Waals surface area contributed by atoms with E-state index in [1.165, 1.54) is 0 Å². The number of anilines is 1. The van der Waals surface area contributed by atoms with Crippen LogP contribution in [0.3, 0.4) is 0 Å². The van der Waals surface area contributed by atoms with Gasteiger partial charge in [-0.25, -0.2) is 4.98 Å². The van der Waals surface area contributed by atoms with Crippen molar-refractivity contribution in [1.82, 2.24) is 9.55 Å². The number of methoxy groups -OCH3 is 2. The molecule has 2 aromatic carbocycles. The lowest BCUT2D eigenvalue weighted by molar-refractivity contribution is 0.355. The van der Waals surface area contributed by atoms with Crippen molar-refractivity contribution < 1.29 is 9.47 Å². The van der Waals surface area contributed by atoms with Gasteiger partial charge in [-0.2, -0.15) is 0 Å². The average Bonchev–Trinajstić information content (AvgIpc) is 2.81. The second-order valence-corrected chi connectivity index (χ2v) is 4.84. The molecular formula is C16H17N3O2. The van der Waals surface area contributed by atoms with Crippen molar-refractivity contribution in [3.8, 4) is 17.2 Å². The predicted molar refractivity (Wildman–Crippen MR) is 83.3 cm³/mol. The van der Waals surface area contributed by atoms with Crippen LogP contribution in [-0.2, 0) is 0 Å². The normalized spacial score (nSPS) is 10.8. The third-order valence-electron chi connectivity index (χ3n) is 3.46. The highest BCUT2D eigenvalue weighted by Gasteiger charge is 2.12. The zero-order chi connectivity index (χ0) is 15.0. The van der Waals surface area contributed by atoms with Gasteiger partial charge in [-0.3, -0.25) is 4.57 Å². The van der Waals surface area contributed by atoms with E-state index in [0.29, 0.717) is 17.4 Å². The summed E-state index contributed by atoms with van der Waals surface area (Å²) in [6, 6.07) is 11.7. The smallest absolute Gasteiger partial charge is 0.205 e. The molecular weight excluding hydrogens is 266 g/mol. The summed E-state index contributed by atoms with van der Waals surface area (Å²) in [5.41, 5.74) is 9.96. The molecule has 0 saturated carbocycles. The topological polar surface area (TPSA) is 62.3 Å². The van der Waals surface area contributed by atoms with E-state index in [1.54, 1.807) is 14.2 Å². The quantitative estimate of drug-likeness (QED) is 0.802. The lowest BCUT2D eigenvalue weighted by Gasteiger charge is -2.11. The van der Waals surface area contributed by atoms with E-state index >= 15 is 0 Å². The highest BCUT2D eigenvalue weighted by molar-refractivity contribution is 5.81. The Bertz CT molecular complexity index is 809. The summed E-state index contributed by atoms with van der Waals surface area (Å²) >= 11 is 0. The monoisotopic (exact) mass is 283 g/mol. The Morgan fingerprint density at radius 1 is 1.00 bits per heavy atom. The van der Waals surface area contributed by atoms with Gasteiger partial charge < -0.3 is 15.2 Å². The molecule has 0 aliphatic carbocycles. The molecule has 1 aromatic heterocycles. The van der Waals surface area contributed by atoms with Gasteiger partial charge in [-0.15, -0.1) is 0 Å². The van der Waals surface area contributed by atoms with Gasteiger partial charge in [0.25, 0.3) is 0 Å². The molecule has 0 aliphatic rings. The van der Waals surface area contributed by atoms with Crippen molar-refractivity contribution in [3.63, 3.8) is 0 Å². The molecule has 0 bridgehead atoms. The Hall–Kier alpha value is -2.69. The molecule has 3 rings (SSSR count). The third-order valence-corrected chi connectivity index (χ3v) is 3.46. The van der Waals surface area contributed by atoms with Gasteiger partial charge in [0.15, 0.2) is 11.5 Å². The molecule has 0 aliphatic heterocycles. The van der Waals surface area contributed by atoms with E-state index < -0.39 is 0 Å². The van der Waals surface area contributed by atoms with Crippen molar-refractivity contribution in [3.05, 3.63) is 42.0 Å². The minimum Gasteiger partial charge on any atom is -0.493 e. The molecule has 0 amide bonds. The molecule has 21 heavy (non-hydrogen) atoms. The fourth-order valence-corrected chi connectivity index (χ4v) is 2.44. The van der Waals surface area contributed by atoms with E-state index in [0.717, 1.165) is 22.3 Å². The summed E-state index contributed by atoms with van der Waals surface area (Å²) < 4.78 is 12.5. The van der Waals surface area contributed by atoms with Crippen molar-refractivity contribution in [2.75, 3.05) is 20.0 Å².